The van der Waals surface area contributed by atoms with Crippen LogP contribution in [-0.2, 0) is 29.0 Å². The number of carbonyl (C=O) groups excluding carboxylic acids is 2. The molecule has 0 aromatic heterocycles. The van der Waals surface area contributed by atoms with Crippen LogP contribution in [-0.4, -0.2) is 51.8 Å². The van der Waals surface area contributed by atoms with Crippen molar-refractivity contribution in [2.24, 2.45) is 0 Å². The average molecular weight is 525 g/mol. The number of methoxy groups -OCH3 is 2. The monoisotopic (exact) mass is 524 g/mol. The standard InChI is InChI=1S/C26H24N2O6S2/c1-33-23(29)22-17-26(35-18-11-5-3-6-12-18)20-15-9-10-16-21(20)28(24(26)27(22)25(30)34-2)36(31,32)19-13-7-4-8-14-19/h3-16,22,24H,17H2,1-2H3/t22-,24-,26-/m0/s1. The number of carbonyl (C=O) groups is 2. The highest BCUT2D eigenvalue weighted by atomic mass is 32.2. The number of hydrogen-bond donors (Lipinski definition) is 0. The molecule has 3 atom stereocenters. The molecule has 5 rings (SSSR count). The zero-order chi connectivity index (χ0) is 25.5. The molecule has 0 saturated carbocycles. The first-order valence-corrected chi connectivity index (χ1v) is 13.5. The van der Waals surface area contributed by atoms with Crippen molar-refractivity contribution in [3.05, 3.63) is 90.5 Å². The number of benzene rings is 3. The summed E-state index contributed by atoms with van der Waals surface area (Å²) in [5, 5.41) is 0. The summed E-state index contributed by atoms with van der Waals surface area (Å²) in [6.07, 6.45) is -1.76. The Morgan fingerprint density at radius 2 is 1.50 bits per heavy atom. The number of likely N-dealkylation sites (tertiary alicyclic amines) is 1. The van der Waals surface area contributed by atoms with Crippen LogP contribution in [0.4, 0.5) is 10.5 Å². The summed E-state index contributed by atoms with van der Waals surface area (Å²) in [5.74, 6) is -0.641. The quantitative estimate of drug-likeness (QED) is 0.461. The highest BCUT2D eigenvalue weighted by Gasteiger charge is 2.67. The first-order valence-electron chi connectivity index (χ1n) is 11.2. The van der Waals surface area contributed by atoms with Crippen molar-refractivity contribution in [2.45, 2.75) is 33.2 Å². The lowest BCUT2D eigenvalue weighted by Gasteiger charge is -2.37. The number of ether oxygens (including phenoxy) is 2. The van der Waals surface area contributed by atoms with Gasteiger partial charge in [0.15, 0.2) is 0 Å². The second kappa shape index (κ2) is 9.18. The Bertz CT molecular complexity index is 1400. The molecule has 2 aliphatic rings. The van der Waals surface area contributed by atoms with Gasteiger partial charge in [0, 0.05) is 11.3 Å². The van der Waals surface area contributed by atoms with E-state index in [1.165, 1.54) is 47.3 Å². The number of amides is 1. The minimum absolute atomic E-state index is 0.0756. The summed E-state index contributed by atoms with van der Waals surface area (Å²) < 4.78 is 38.7. The molecule has 3 aromatic carbocycles. The van der Waals surface area contributed by atoms with Gasteiger partial charge in [0.2, 0.25) is 0 Å². The molecular weight excluding hydrogens is 500 g/mol. The van der Waals surface area contributed by atoms with Gasteiger partial charge in [-0.05, 0) is 35.9 Å². The number of esters is 1. The molecule has 0 bridgehead atoms. The first kappa shape index (κ1) is 24.2. The van der Waals surface area contributed by atoms with Crippen molar-refractivity contribution < 1.29 is 27.5 Å². The number of hydrogen-bond acceptors (Lipinski definition) is 7. The lowest BCUT2D eigenvalue weighted by molar-refractivity contribution is -0.145. The van der Waals surface area contributed by atoms with Crippen LogP contribution in [0.2, 0.25) is 0 Å². The van der Waals surface area contributed by atoms with E-state index in [4.69, 9.17) is 9.47 Å². The number of nitrogens with zero attached hydrogens (tertiary/aromatic N) is 2. The number of sulfonamides is 1. The van der Waals surface area contributed by atoms with Gasteiger partial charge in [-0.15, -0.1) is 11.8 Å². The number of anilines is 1. The molecule has 2 aliphatic heterocycles. The van der Waals surface area contributed by atoms with E-state index in [0.717, 1.165) is 4.90 Å². The van der Waals surface area contributed by atoms with Crippen LogP contribution in [0.15, 0.2) is 94.7 Å². The van der Waals surface area contributed by atoms with Crippen molar-refractivity contribution in [1.82, 2.24) is 4.90 Å². The van der Waals surface area contributed by atoms with E-state index >= 15 is 0 Å². The number of rotatable bonds is 5. The van der Waals surface area contributed by atoms with Gasteiger partial charge in [-0.2, -0.15) is 0 Å². The highest BCUT2D eigenvalue weighted by Crippen LogP contribution is 2.62. The third-order valence-corrected chi connectivity index (χ3v) is 9.79. The summed E-state index contributed by atoms with van der Waals surface area (Å²) >= 11 is 1.43. The molecule has 0 spiro atoms. The van der Waals surface area contributed by atoms with Crippen LogP contribution in [0, 0.1) is 0 Å². The predicted molar refractivity (Wildman–Crippen MR) is 135 cm³/mol. The molecular formula is C26H24N2O6S2. The van der Waals surface area contributed by atoms with E-state index < -0.39 is 39.0 Å². The lowest BCUT2D eigenvalue weighted by Crippen LogP contribution is -2.55. The van der Waals surface area contributed by atoms with Crippen LogP contribution in [0.3, 0.4) is 0 Å². The zero-order valence-electron chi connectivity index (χ0n) is 19.6. The third-order valence-electron chi connectivity index (χ3n) is 6.53. The molecule has 0 aliphatic carbocycles. The van der Waals surface area contributed by atoms with E-state index in [1.807, 2.05) is 42.5 Å². The third kappa shape index (κ3) is 3.63. The van der Waals surface area contributed by atoms with E-state index in [9.17, 15) is 18.0 Å². The molecule has 3 aromatic rings. The van der Waals surface area contributed by atoms with Crippen molar-refractivity contribution in [3.8, 4) is 0 Å². The Labute approximate surface area is 213 Å². The SMILES string of the molecule is COC(=O)[C@@H]1C[C@]2(Sc3ccccc3)c3ccccc3N(S(=O)(=O)c3ccccc3)[C@@H]2N1C(=O)OC. The number of thioether (sulfide) groups is 1. The maximum Gasteiger partial charge on any atom is 0.411 e. The normalized spacial score (nSPS) is 22.6. The second-order valence-electron chi connectivity index (χ2n) is 8.43. The second-order valence-corrected chi connectivity index (χ2v) is 11.6. The van der Waals surface area contributed by atoms with Crippen LogP contribution >= 0.6 is 11.8 Å². The highest BCUT2D eigenvalue weighted by molar-refractivity contribution is 8.00. The fraction of sp³-hybridized carbons (Fsp3) is 0.231. The predicted octanol–water partition coefficient (Wildman–Crippen LogP) is 4.22. The number of fused-ring (bicyclic) bond motifs is 3. The molecule has 10 heteroatoms. The van der Waals surface area contributed by atoms with Gasteiger partial charge in [0.1, 0.15) is 12.2 Å². The lowest BCUT2D eigenvalue weighted by atomic mass is 9.95. The Hall–Kier alpha value is -3.50. The van der Waals surface area contributed by atoms with E-state index in [-0.39, 0.29) is 11.3 Å². The summed E-state index contributed by atoms with van der Waals surface area (Å²) in [7, 11) is -1.70. The molecule has 1 saturated heterocycles. The maximum absolute atomic E-state index is 14.2. The fourth-order valence-electron chi connectivity index (χ4n) is 5.07. The summed E-state index contributed by atoms with van der Waals surface area (Å²) in [6, 6.07) is 23.7. The topological polar surface area (TPSA) is 93.2 Å². The van der Waals surface area contributed by atoms with Crippen molar-refractivity contribution in [1.29, 1.82) is 0 Å². The van der Waals surface area contributed by atoms with Crippen molar-refractivity contribution >= 4 is 39.5 Å². The van der Waals surface area contributed by atoms with Gasteiger partial charge in [-0.3, -0.25) is 4.90 Å². The minimum Gasteiger partial charge on any atom is -0.467 e. The van der Waals surface area contributed by atoms with Crippen molar-refractivity contribution in [2.75, 3.05) is 18.5 Å². The number of para-hydroxylation sites is 1. The smallest absolute Gasteiger partial charge is 0.411 e. The summed E-state index contributed by atoms with van der Waals surface area (Å²) in [4.78, 5) is 28.3. The Balaban J connectivity index is 1.79. The zero-order valence-corrected chi connectivity index (χ0v) is 21.2. The van der Waals surface area contributed by atoms with E-state index in [2.05, 4.69) is 0 Å². The van der Waals surface area contributed by atoms with Crippen LogP contribution in [0.25, 0.3) is 0 Å². The van der Waals surface area contributed by atoms with E-state index in [1.54, 1.807) is 30.3 Å². The largest absolute Gasteiger partial charge is 0.467 e. The van der Waals surface area contributed by atoms with Crippen molar-refractivity contribution in [3.63, 3.8) is 0 Å². The van der Waals surface area contributed by atoms with Gasteiger partial charge in [-0.1, -0.05) is 54.6 Å². The summed E-state index contributed by atoms with van der Waals surface area (Å²) in [6.45, 7) is 0. The van der Waals surface area contributed by atoms with E-state index in [0.29, 0.717) is 11.3 Å². The molecule has 0 radical (unpaired) electrons. The van der Waals surface area contributed by atoms with Crippen LogP contribution < -0.4 is 4.31 Å². The average Bonchev–Trinajstić information content (AvgIpc) is 3.38. The van der Waals surface area contributed by atoms with Crippen LogP contribution in [0.1, 0.15) is 12.0 Å². The molecule has 1 fully saturated rings. The Kier molecular flexibility index (Phi) is 6.17. The first-order chi connectivity index (χ1) is 17.3. The molecule has 2 heterocycles. The molecule has 8 nitrogen and oxygen atoms in total. The molecule has 1 amide bonds. The molecule has 36 heavy (non-hydrogen) atoms. The minimum atomic E-state index is -4.15. The van der Waals surface area contributed by atoms with Gasteiger partial charge >= 0.3 is 12.1 Å². The summed E-state index contributed by atoms with van der Waals surface area (Å²) in [5.41, 5.74) is 1.16. The Morgan fingerprint density at radius 3 is 2.14 bits per heavy atom. The molecule has 0 N–H and O–H groups in total. The fourth-order valence-corrected chi connectivity index (χ4v) is 8.39. The van der Waals surface area contributed by atoms with Crippen LogP contribution in [0.5, 0.6) is 0 Å². The maximum atomic E-state index is 14.2. The van der Waals surface area contributed by atoms with Gasteiger partial charge in [0.05, 0.1) is 29.5 Å². The van der Waals surface area contributed by atoms with Gasteiger partial charge in [-0.25, -0.2) is 22.3 Å². The van der Waals surface area contributed by atoms with Gasteiger partial charge in [0.25, 0.3) is 10.0 Å². The molecule has 186 valence electrons. The molecule has 0 unspecified atom stereocenters. The van der Waals surface area contributed by atoms with Gasteiger partial charge < -0.3 is 9.47 Å². The Morgan fingerprint density at radius 1 is 0.889 bits per heavy atom.